The second-order valence-electron chi connectivity index (χ2n) is 8.33. The van der Waals surface area contributed by atoms with E-state index in [4.69, 9.17) is 23.2 Å². The van der Waals surface area contributed by atoms with Crippen LogP contribution in [0.3, 0.4) is 0 Å². The zero-order valence-corrected chi connectivity index (χ0v) is 22.5. The molecule has 0 aliphatic carbocycles. The maximum atomic E-state index is 13.6. The first kappa shape index (κ1) is 28.8. The summed E-state index contributed by atoms with van der Waals surface area (Å²) in [5.74, 6) is -1.67. The summed E-state index contributed by atoms with van der Waals surface area (Å²) in [5.41, 5.74) is 0.501. The van der Waals surface area contributed by atoms with Gasteiger partial charge in [0.15, 0.2) is 0 Å². The lowest BCUT2D eigenvalue weighted by Gasteiger charge is -2.33. The van der Waals surface area contributed by atoms with Crippen molar-refractivity contribution in [2.45, 2.75) is 39.4 Å². The van der Waals surface area contributed by atoms with Crippen LogP contribution in [0.4, 0.5) is 10.1 Å². The molecular formula is C23H29Cl2FN4O4S. The summed E-state index contributed by atoms with van der Waals surface area (Å²) >= 11 is 12.6. The quantitative estimate of drug-likeness (QED) is 0.492. The molecule has 0 heterocycles. The Kier molecular flexibility index (Phi) is 9.91. The van der Waals surface area contributed by atoms with Gasteiger partial charge in [0, 0.05) is 42.3 Å². The van der Waals surface area contributed by atoms with Gasteiger partial charge in [-0.2, -0.15) is 12.7 Å². The van der Waals surface area contributed by atoms with Crippen molar-refractivity contribution in [3.63, 3.8) is 0 Å². The summed E-state index contributed by atoms with van der Waals surface area (Å²) in [6.07, 6.45) is 0. The number of rotatable bonds is 10. The highest BCUT2D eigenvalue weighted by atomic mass is 35.5. The Hall–Kier alpha value is -2.40. The van der Waals surface area contributed by atoms with Crippen molar-refractivity contribution < 1.29 is 22.4 Å². The predicted molar refractivity (Wildman–Crippen MR) is 136 cm³/mol. The first-order valence-electron chi connectivity index (χ1n) is 10.7. The van der Waals surface area contributed by atoms with Gasteiger partial charge in [-0.25, -0.2) is 8.70 Å². The van der Waals surface area contributed by atoms with Crippen LogP contribution in [0, 0.1) is 5.82 Å². The highest BCUT2D eigenvalue weighted by Crippen LogP contribution is 2.27. The molecule has 0 aliphatic rings. The fraction of sp³-hybridized carbons (Fsp3) is 0.391. The molecule has 0 aromatic heterocycles. The molecule has 0 aliphatic heterocycles. The number of anilines is 1. The molecule has 192 valence electrons. The van der Waals surface area contributed by atoms with Crippen LogP contribution < -0.4 is 9.62 Å². The van der Waals surface area contributed by atoms with Crippen LogP contribution in [0.2, 0.25) is 10.0 Å². The Morgan fingerprint density at radius 3 is 2.03 bits per heavy atom. The number of amides is 2. The van der Waals surface area contributed by atoms with E-state index in [0.29, 0.717) is 15.6 Å². The van der Waals surface area contributed by atoms with E-state index < -0.39 is 40.4 Å². The number of nitrogens with zero attached hydrogens (tertiary/aromatic N) is 3. The minimum absolute atomic E-state index is 0.0865. The second kappa shape index (κ2) is 12.0. The van der Waals surface area contributed by atoms with Crippen LogP contribution in [-0.4, -0.2) is 62.2 Å². The van der Waals surface area contributed by atoms with Gasteiger partial charge in [-0.3, -0.25) is 9.59 Å². The van der Waals surface area contributed by atoms with E-state index >= 15 is 0 Å². The molecule has 1 atom stereocenters. The van der Waals surface area contributed by atoms with Crippen LogP contribution in [0.5, 0.6) is 0 Å². The molecule has 0 spiro atoms. The first-order valence-corrected chi connectivity index (χ1v) is 12.9. The zero-order chi connectivity index (χ0) is 26.5. The third-order valence-electron chi connectivity index (χ3n) is 5.12. The first-order chi connectivity index (χ1) is 16.2. The predicted octanol–water partition coefficient (Wildman–Crippen LogP) is 3.69. The molecule has 12 heteroatoms. The summed E-state index contributed by atoms with van der Waals surface area (Å²) in [4.78, 5) is 27.6. The van der Waals surface area contributed by atoms with Crippen LogP contribution >= 0.6 is 23.2 Å². The van der Waals surface area contributed by atoms with Crippen molar-refractivity contribution >= 4 is 50.9 Å². The van der Waals surface area contributed by atoms with Crippen molar-refractivity contribution in [3.05, 3.63) is 63.9 Å². The van der Waals surface area contributed by atoms with Crippen molar-refractivity contribution in [3.8, 4) is 0 Å². The molecule has 2 rings (SSSR count). The van der Waals surface area contributed by atoms with Gasteiger partial charge in [-0.15, -0.1) is 0 Å². The van der Waals surface area contributed by atoms with Crippen LogP contribution in [0.1, 0.15) is 26.3 Å². The van der Waals surface area contributed by atoms with E-state index in [1.807, 2.05) is 0 Å². The average Bonchev–Trinajstić information content (AvgIpc) is 2.76. The summed E-state index contributed by atoms with van der Waals surface area (Å²) in [5, 5.41) is 3.34. The molecule has 8 nitrogen and oxygen atoms in total. The molecule has 0 bridgehead atoms. The highest BCUT2D eigenvalue weighted by molar-refractivity contribution is 7.90. The van der Waals surface area contributed by atoms with E-state index in [9.17, 15) is 22.4 Å². The Morgan fingerprint density at radius 2 is 1.54 bits per heavy atom. The molecule has 0 fully saturated rings. The Bertz CT molecular complexity index is 1140. The smallest absolute Gasteiger partial charge is 0.304 e. The van der Waals surface area contributed by atoms with Gasteiger partial charge in [0.1, 0.15) is 18.4 Å². The molecule has 2 aromatic rings. The van der Waals surface area contributed by atoms with Crippen molar-refractivity contribution in [2.75, 3.05) is 24.9 Å². The number of halogens is 3. The SMILES string of the molecule is CC(C)NC(=O)[C@@H](C)N(Cc1c(Cl)cccc1Cl)C(=O)CN(c1ccc(F)cc1)S(=O)(=O)N(C)C. The lowest BCUT2D eigenvalue weighted by atomic mass is 10.1. The summed E-state index contributed by atoms with van der Waals surface area (Å²) in [6.45, 7) is 4.31. The third kappa shape index (κ3) is 7.30. The number of benzene rings is 2. The Morgan fingerprint density at radius 1 is 1.00 bits per heavy atom. The molecule has 0 saturated heterocycles. The number of carbonyl (C=O) groups is 2. The second-order valence-corrected chi connectivity index (χ2v) is 11.2. The van der Waals surface area contributed by atoms with Gasteiger partial charge in [-0.05, 0) is 57.2 Å². The van der Waals surface area contributed by atoms with E-state index in [2.05, 4.69) is 5.32 Å². The molecule has 35 heavy (non-hydrogen) atoms. The van der Waals surface area contributed by atoms with Crippen molar-refractivity contribution in [1.29, 1.82) is 0 Å². The van der Waals surface area contributed by atoms with E-state index in [-0.39, 0.29) is 18.3 Å². The minimum Gasteiger partial charge on any atom is -0.352 e. The lowest BCUT2D eigenvalue weighted by molar-refractivity contribution is -0.139. The molecule has 2 aromatic carbocycles. The molecule has 1 N–H and O–H groups in total. The van der Waals surface area contributed by atoms with Gasteiger partial charge < -0.3 is 10.2 Å². The van der Waals surface area contributed by atoms with Crippen molar-refractivity contribution in [2.24, 2.45) is 0 Å². The zero-order valence-electron chi connectivity index (χ0n) is 20.1. The van der Waals surface area contributed by atoms with Crippen LogP contribution in [0.15, 0.2) is 42.5 Å². The molecular weight excluding hydrogens is 518 g/mol. The van der Waals surface area contributed by atoms with Gasteiger partial charge in [0.2, 0.25) is 11.8 Å². The maximum absolute atomic E-state index is 13.6. The van der Waals surface area contributed by atoms with Gasteiger partial charge >= 0.3 is 10.2 Å². The summed E-state index contributed by atoms with van der Waals surface area (Å²) in [7, 11) is -1.51. The standard InChI is InChI=1S/C23H29Cl2FN4O4S/c1-15(2)27-23(32)16(3)29(13-19-20(24)7-6-8-21(19)25)22(31)14-30(35(33,34)28(4)5)18-11-9-17(26)10-12-18/h6-12,15-16H,13-14H2,1-5H3,(H,27,32)/t16-/m1/s1. The average molecular weight is 547 g/mol. The topological polar surface area (TPSA) is 90.0 Å². The van der Waals surface area contributed by atoms with Gasteiger partial charge in [0.05, 0.1) is 5.69 Å². The maximum Gasteiger partial charge on any atom is 0.304 e. The van der Waals surface area contributed by atoms with Crippen LogP contribution in [-0.2, 0) is 26.3 Å². The summed E-state index contributed by atoms with van der Waals surface area (Å²) in [6, 6.07) is 8.40. The summed E-state index contributed by atoms with van der Waals surface area (Å²) < 4.78 is 41.4. The van der Waals surface area contributed by atoms with E-state index in [0.717, 1.165) is 20.7 Å². The fourth-order valence-electron chi connectivity index (χ4n) is 3.17. The molecule has 0 unspecified atom stereocenters. The van der Waals surface area contributed by atoms with Crippen LogP contribution in [0.25, 0.3) is 0 Å². The number of hydrogen-bond acceptors (Lipinski definition) is 4. The number of hydrogen-bond donors (Lipinski definition) is 1. The Labute approximate surface area is 215 Å². The number of nitrogens with one attached hydrogen (secondary N) is 1. The lowest BCUT2D eigenvalue weighted by Crippen LogP contribution is -2.53. The Balaban J connectivity index is 2.51. The monoisotopic (exact) mass is 546 g/mol. The third-order valence-corrected chi connectivity index (χ3v) is 7.65. The fourth-order valence-corrected chi connectivity index (χ4v) is 4.74. The molecule has 0 radical (unpaired) electrons. The van der Waals surface area contributed by atoms with Crippen molar-refractivity contribution in [1.82, 2.24) is 14.5 Å². The molecule has 0 saturated carbocycles. The van der Waals surface area contributed by atoms with E-state index in [1.165, 1.54) is 38.1 Å². The number of carbonyl (C=O) groups excluding carboxylic acids is 2. The normalized spacial score (nSPS) is 12.5. The van der Waals surface area contributed by atoms with Gasteiger partial charge in [-0.1, -0.05) is 29.3 Å². The molecule has 2 amide bonds. The largest absolute Gasteiger partial charge is 0.352 e. The minimum atomic E-state index is -4.14. The van der Waals surface area contributed by atoms with E-state index in [1.54, 1.807) is 32.0 Å². The van der Waals surface area contributed by atoms with Gasteiger partial charge in [0.25, 0.3) is 0 Å². The highest BCUT2D eigenvalue weighted by Gasteiger charge is 2.33.